The van der Waals surface area contributed by atoms with Crippen LogP contribution < -0.4 is 14.7 Å². The molecule has 2 heterocycles. The van der Waals surface area contributed by atoms with Crippen LogP contribution in [0.3, 0.4) is 0 Å². The molecule has 0 unspecified atom stereocenters. The number of benzene rings is 11. The number of hydrogen-bond donors (Lipinski definition) is 0. The van der Waals surface area contributed by atoms with Crippen LogP contribution in [0.15, 0.2) is 322 Å². The summed E-state index contributed by atoms with van der Waals surface area (Å²) in [7, 11) is 0. The SMILES string of the molecule is c1ccc(-c2ccc(-c3ccc(N(c4ccccc4)c4ccc(-c5ccc(N(c6ccccc6)c6ccc(-c7ccc(N(c8ccccc8)c8ccc(-c9ccc(-c%10ccccc%10)s9)cc8)cc7)cc6)cc5)cc4)cc3)s2)cc1. The summed E-state index contributed by atoms with van der Waals surface area (Å²) in [5.41, 5.74) is 19.4. The highest BCUT2D eigenvalue weighted by atomic mass is 32.1. The molecule has 5 heteroatoms. The van der Waals surface area contributed by atoms with E-state index in [9.17, 15) is 0 Å². The van der Waals surface area contributed by atoms with Crippen molar-refractivity contribution < 1.29 is 0 Å². The molecule has 0 fully saturated rings. The summed E-state index contributed by atoms with van der Waals surface area (Å²) in [5, 5.41) is 0. The highest BCUT2D eigenvalue weighted by Crippen LogP contribution is 2.43. The van der Waals surface area contributed by atoms with Crippen molar-refractivity contribution >= 4 is 73.9 Å². The Kier molecular flexibility index (Phi) is 13.9. The lowest BCUT2D eigenvalue weighted by Crippen LogP contribution is -2.10. The van der Waals surface area contributed by atoms with Gasteiger partial charge in [-0.3, -0.25) is 0 Å². The second-order valence-electron chi connectivity index (χ2n) is 19.4. The van der Waals surface area contributed by atoms with Crippen molar-refractivity contribution in [3.63, 3.8) is 0 Å². The second kappa shape index (κ2) is 22.4. The number of hydrogen-bond acceptors (Lipinski definition) is 5. The van der Waals surface area contributed by atoms with Crippen LogP contribution in [0.4, 0.5) is 51.2 Å². The number of thiophene rings is 2. The van der Waals surface area contributed by atoms with Gasteiger partial charge in [0.1, 0.15) is 0 Å². The van der Waals surface area contributed by atoms with E-state index in [4.69, 9.17) is 0 Å². The molecule has 3 nitrogen and oxygen atoms in total. The molecular weight excluding hydrogens is 995 g/mol. The molecule has 376 valence electrons. The predicted molar refractivity (Wildman–Crippen MR) is 339 cm³/mol. The lowest BCUT2D eigenvalue weighted by molar-refractivity contribution is 1.28. The van der Waals surface area contributed by atoms with Crippen LogP contribution in [-0.4, -0.2) is 0 Å². The van der Waals surface area contributed by atoms with E-state index in [-0.39, 0.29) is 0 Å². The van der Waals surface area contributed by atoms with Crippen molar-refractivity contribution in [3.05, 3.63) is 322 Å². The Balaban J connectivity index is 0.727. The van der Waals surface area contributed by atoms with E-state index in [2.05, 4.69) is 336 Å². The number of nitrogens with zero attached hydrogens (tertiary/aromatic N) is 3. The molecule has 0 radical (unpaired) electrons. The highest BCUT2D eigenvalue weighted by molar-refractivity contribution is 7.19. The normalized spacial score (nSPS) is 11.0. The van der Waals surface area contributed by atoms with E-state index in [1.54, 1.807) is 0 Å². The van der Waals surface area contributed by atoms with Crippen LogP contribution in [0.25, 0.3) is 64.0 Å². The quantitative estimate of drug-likeness (QED) is 0.101. The van der Waals surface area contributed by atoms with Crippen molar-refractivity contribution in [2.75, 3.05) is 14.7 Å². The van der Waals surface area contributed by atoms with Gasteiger partial charge in [0, 0.05) is 70.7 Å². The minimum Gasteiger partial charge on any atom is -0.311 e. The van der Waals surface area contributed by atoms with E-state index in [1.165, 1.54) is 41.8 Å². The molecule has 0 spiro atoms. The van der Waals surface area contributed by atoms with E-state index in [0.717, 1.165) is 73.4 Å². The first-order valence-corrected chi connectivity index (χ1v) is 28.3. The standard InChI is InChI=1S/C74H53N3S2/c1-6-16-58(17-7-1)71-50-52-73(78-71)60-34-46-69(47-35-60)76(63-22-12-4-13-23-63)67-42-30-56(31-43-67)54-26-38-65(39-27-54)75(62-20-10-3-11-21-62)66-40-28-55(29-41-66)57-32-44-68(45-33-57)77(64-24-14-5-15-25-64)70-48-36-61(37-49-70)74-53-51-72(79-74)59-18-8-2-9-19-59/h1-53H. The maximum absolute atomic E-state index is 2.33. The Morgan fingerprint density at radius 1 is 0.139 bits per heavy atom. The summed E-state index contributed by atoms with van der Waals surface area (Å²) in [4.78, 5) is 12.0. The average molecular weight is 1050 g/mol. The van der Waals surface area contributed by atoms with E-state index >= 15 is 0 Å². The Morgan fingerprint density at radius 3 is 0.519 bits per heavy atom. The molecule has 11 aromatic carbocycles. The topological polar surface area (TPSA) is 9.72 Å². The third-order valence-electron chi connectivity index (χ3n) is 14.4. The van der Waals surface area contributed by atoms with Crippen LogP contribution in [0.2, 0.25) is 0 Å². The van der Waals surface area contributed by atoms with Crippen molar-refractivity contribution in [2.45, 2.75) is 0 Å². The molecule has 0 aliphatic rings. The number of rotatable bonds is 15. The molecule has 13 aromatic rings. The smallest absolute Gasteiger partial charge is 0.0462 e. The van der Waals surface area contributed by atoms with Crippen LogP contribution in [0.1, 0.15) is 0 Å². The Hall–Kier alpha value is -9.78. The molecule has 79 heavy (non-hydrogen) atoms. The van der Waals surface area contributed by atoms with Gasteiger partial charge < -0.3 is 14.7 Å². The largest absolute Gasteiger partial charge is 0.311 e. The lowest BCUT2D eigenvalue weighted by Gasteiger charge is -2.26. The molecule has 0 aliphatic heterocycles. The van der Waals surface area contributed by atoms with Gasteiger partial charge in [-0.15, -0.1) is 22.7 Å². The van der Waals surface area contributed by atoms with Gasteiger partial charge in [-0.2, -0.15) is 0 Å². The highest BCUT2D eigenvalue weighted by Gasteiger charge is 2.18. The Labute approximate surface area is 471 Å². The summed E-state index contributed by atoms with van der Waals surface area (Å²) in [6.45, 7) is 0. The fraction of sp³-hybridized carbons (Fsp3) is 0. The van der Waals surface area contributed by atoms with Crippen molar-refractivity contribution in [1.82, 2.24) is 0 Å². The second-order valence-corrected chi connectivity index (χ2v) is 21.5. The monoisotopic (exact) mass is 1050 g/mol. The maximum Gasteiger partial charge on any atom is 0.0462 e. The maximum atomic E-state index is 2.33. The molecular formula is C74H53N3S2. The Bertz CT molecular complexity index is 3800. The molecule has 0 bridgehead atoms. The van der Waals surface area contributed by atoms with Crippen LogP contribution in [0, 0.1) is 0 Å². The van der Waals surface area contributed by atoms with Crippen molar-refractivity contribution in [2.24, 2.45) is 0 Å². The van der Waals surface area contributed by atoms with Crippen LogP contribution >= 0.6 is 22.7 Å². The van der Waals surface area contributed by atoms with Gasteiger partial charge in [-0.25, -0.2) is 0 Å². The van der Waals surface area contributed by atoms with Gasteiger partial charge >= 0.3 is 0 Å². The first-order chi connectivity index (χ1) is 39.1. The zero-order valence-electron chi connectivity index (χ0n) is 43.3. The van der Waals surface area contributed by atoms with Crippen molar-refractivity contribution in [3.8, 4) is 64.0 Å². The van der Waals surface area contributed by atoms with Gasteiger partial charge in [0.15, 0.2) is 0 Å². The zero-order chi connectivity index (χ0) is 52.7. The average Bonchev–Trinajstić information content (AvgIpc) is 4.26. The summed E-state index contributed by atoms with van der Waals surface area (Å²) < 4.78 is 0. The number of para-hydroxylation sites is 3. The van der Waals surface area contributed by atoms with Gasteiger partial charge in [-0.1, -0.05) is 188 Å². The molecule has 0 aliphatic carbocycles. The van der Waals surface area contributed by atoms with Gasteiger partial charge in [-0.05, 0) is 178 Å². The summed E-state index contributed by atoms with van der Waals surface area (Å²) in [6.07, 6.45) is 0. The molecule has 0 saturated carbocycles. The molecule has 0 amide bonds. The van der Waals surface area contributed by atoms with Crippen LogP contribution in [-0.2, 0) is 0 Å². The van der Waals surface area contributed by atoms with Gasteiger partial charge in [0.2, 0.25) is 0 Å². The third kappa shape index (κ3) is 10.6. The summed E-state index contributed by atoms with van der Waals surface area (Å²) in [6, 6.07) is 116. The van der Waals surface area contributed by atoms with E-state index in [1.807, 2.05) is 22.7 Å². The first-order valence-electron chi connectivity index (χ1n) is 26.6. The van der Waals surface area contributed by atoms with Gasteiger partial charge in [0.05, 0.1) is 0 Å². The number of anilines is 9. The third-order valence-corrected chi connectivity index (χ3v) is 16.7. The first kappa shape index (κ1) is 48.8. The molecule has 0 N–H and O–H groups in total. The van der Waals surface area contributed by atoms with Gasteiger partial charge in [0.25, 0.3) is 0 Å². The summed E-state index contributed by atoms with van der Waals surface area (Å²) in [5.74, 6) is 0. The Morgan fingerprint density at radius 2 is 0.304 bits per heavy atom. The zero-order valence-corrected chi connectivity index (χ0v) is 44.9. The van der Waals surface area contributed by atoms with Crippen LogP contribution in [0.5, 0.6) is 0 Å². The van der Waals surface area contributed by atoms with E-state index in [0.29, 0.717) is 0 Å². The van der Waals surface area contributed by atoms with E-state index < -0.39 is 0 Å². The molecule has 2 aromatic heterocycles. The minimum absolute atomic E-state index is 1.09. The fourth-order valence-electron chi connectivity index (χ4n) is 10.3. The minimum atomic E-state index is 1.09. The molecule has 0 atom stereocenters. The molecule has 0 saturated heterocycles. The predicted octanol–water partition coefficient (Wildman–Crippen LogP) is 22.2. The molecule has 13 rings (SSSR count). The summed E-state index contributed by atoms with van der Waals surface area (Å²) >= 11 is 3.65. The van der Waals surface area contributed by atoms with Crippen molar-refractivity contribution in [1.29, 1.82) is 0 Å². The fourth-order valence-corrected chi connectivity index (χ4v) is 12.4. The lowest BCUT2D eigenvalue weighted by atomic mass is 10.0.